The Morgan fingerprint density at radius 1 is 1.36 bits per heavy atom. The second-order valence-electron chi connectivity index (χ2n) is 5.61. The SMILES string of the molecule is COC(=O)c1cnc2c(c1)C[C@@]1(C2)C(=O)Nc2ncccc21. The van der Waals surface area contributed by atoms with Crippen LogP contribution in [0.1, 0.15) is 27.2 Å². The van der Waals surface area contributed by atoms with Gasteiger partial charge in [0, 0.05) is 30.1 Å². The number of ether oxygens (including phenoxy) is 1. The number of rotatable bonds is 1. The van der Waals surface area contributed by atoms with Crippen molar-refractivity contribution in [1.82, 2.24) is 9.97 Å². The summed E-state index contributed by atoms with van der Waals surface area (Å²) in [7, 11) is 1.34. The van der Waals surface area contributed by atoms with E-state index in [1.807, 2.05) is 12.1 Å². The first-order valence-corrected chi connectivity index (χ1v) is 6.97. The van der Waals surface area contributed by atoms with Crippen LogP contribution in [0.15, 0.2) is 30.6 Å². The van der Waals surface area contributed by atoms with E-state index in [1.165, 1.54) is 13.3 Å². The Bertz CT molecular complexity index is 818. The number of nitrogens with zero attached hydrogens (tertiary/aromatic N) is 2. The van der Waals surface area contributed by atoms with Crippen LogP contribution in [0.5, 0.6) is 0 Å². The molecule has 22 heavy (non-hydrogen) atoms. The number of fused-ring (bicyclic) bond motifs is 3. The summed E-state index contributed by atoms with van der Waals surface area (Å²) in [5.41, 5.74) is 2.41. The van der Waals surface area contributed by atoms with E-state index in [0.717, 1.165) is 16.8 Å². The van der Waals surface area contributed by atoms with Gasteiger partial charge in [0.2, 0.25) is 5.91 Å². The van der Waals surface area contributed by atoms with Crippen molar-refractivity contribution in [2.45, 2.75) is 18.3 Å². The van der Waals surface area contributed by atoms with Gasteiger partial charge in [0.15, 0.2) is 0 Å². The number of aromatic nitrogens is 2. The van der Waals surface area contributed by atoms with E-state index >= 15 is 0 Å². The van der Waals surface area contributed by atoms with Gasteiger partial charge in [0.05, 0.1) is 18.1 Å². The quantitative estimate of drug-likeness (QED) is 0.801. The molecule has 0 radical (unpaired) electrons. The number of nitrogens with one attached hydrogen (secondary N) is 1. The summed E-state index contributed by atoms with van der Waals surface area (Å²) in [6, 6.07) is 5.52. The van der Waals surface area contributed by atoms with Crippen LogP contribution in [0, 0.1) is 0 Å². The van der Waals surface area contributed by atoms with Crippen molar-refractivity contribution >= 4 is 17.7 Å². The summed E-state index contributed by atoms with van der Waals surface area (Å²) < 4.78 is 4.72. The molecule has 0 bridgehead atoms. The molecule has 2 aromatic heterocycles. The van der Waals surface area contributed by atoms with Crippen LogP contribution in [0.4, 0.5) is 5.82 Å². The first kappa shape index (κ1) is 12.9. The Morgan fingerprint density at radius 2 is 2.23 bits per heavy atom. The van der Waals surface area contributed by atoms with E-state index in [1.54, 1.807) is 12.3 Å². The number of carbonyl (C=O) groups is 2. The van der Waals surface area contributed by atoms with Gasteiger partial charge >= 0.3 is 5.97 Å². The monoisotopic (exact) mass is 295 g/mol. The van der Waals surface area contributed by atoms with Crippen LogP contribution >= 0.6 is 0 Å². The Kier molecular flexibility index (Phi) is 2.57. The average molecular weight is 295 g/mol. The van der Waals surface area contributed by atoms with E-state index in [0.29, 0.717) is 24.2 Å². The van der Waals surface area contributed by atoms with Crippen molar-refractivity contribution < 1.29 is 14.3 Å². The average Bonchev–Trinajstić information content (AvgIpc) is 3.05. The van der Waals surface area contributed by atoms with Gasteiger partial charge in [-0.1, -0.05) is 6.07 Å². The van der Waals surface area contributed by atoms with Crippen LogP contribution in [-0.4, -0.2) is 29.0 Å². The van der Waals surface area contributed by atoms with E-state index in [9.17, 15) is 9.59 Å². The van der Waals surface area contributed by atoms with Gasteiger partial charge in [0.1, 0.15) is 5.82 Å². The van der Waals surface area contributed by atoms with Gasteiger partial charge in [-0.3, -0.25) is 9.78 Å². The molecule has 4 rings (SSSR count). The first-order valence-electron chi connectivity index (χ1n) is 6.97. The summed E-state index contributed by atoms with van der Waals surface area (Å²) in [4.78, 5) is 32.7. The van der Waals surface area contributed by atoms with Crippen molar-refractivity contribution in [3.63, 3.8) is 0 Å². The fourth-order valence-corrected chi connectivity index (χ4v) is 3.35. The number of anilines is 1. The van der Waals surface area contributed by atoms with Gasteiger partial charge in [-0.2, -0.15) is 0 Å². The fourth-order valence-electron chi connectivity index (χ4n) is 3.35. The van der Waals surface area contributed by atoms with Crippen LogP contribution < -0.4 is 5.32 Å². The second kappa shape index (κ2) is 4.37. The topological polar surface area (TPSA) is 81.2 Å². The predicted octanol–water partition coefficient (Wildman–Crippen LogP) is 1.25. The maximum atomic E-state index is 12.5. The summed E-state index contributed by atoms with van der Waals surface area (Å²) in [5.74, 6) is 0.140. The predicted molar refractivity (Wildman–Crippen MR) is 77.5 cm³/mol. The summed E-state index contributed by atoms with van der Waals surface area (Å²) in [5, 5.41) is 2.84. The molecular formula is C16H13N3O3. The summed E-state index contributed by atoms with van der Waals surface area (Å²) in [6.07, 6.45) is 4.20. The zero-order valence-electron chi connectivity index (χ0n) is 11.9. The van der Waals surface area contributed by atoms with Crippen molar-refractivity contribution in [2.75, 3.05) is 12.4 Å². The molecular weight excluding hydrogens is 282 g/mol. The molecule has 1 aliphatic carbocycles. The highest BCUT2D eigenvalue weighted by Crippen LogP contribution is 2.45. The summed E-state index contributed by atoms with van der Waals surface area (Å²) in [6.45, 7) is 0. The zero-order valence-corrected chi connectivity index (χ0v) is 11.9. The van der Waals surface area contributed by atoms with Gasteiger partial charge < -0.3 is 10.1 Å². The normalized spacial score (nSPS) is 21.4. The van der Waals surface area contributed by atoms with Crippen molar-refractivity contribution in [3.8, 4) is 0 Å². The lowest BCUT2D eigenvalue weighted by molar-refractivity contribution is -0.120. The zero-order chi connectivity index (χ0) is 15.3. The molecule has 6 heteroatoms. The molecule has 1 atom stereocenters. The maximum Gasteiger partial charge on any atom is 0.339 e. The molecule has 0 fully saturated rings. The molecule has 2 aliphatic rings. The van der Waals surface area contributed by atoms with Crippen molar-refractivity contribution in [2.24, 2.45) is 0 Å². The molecule has 2 aromatic rings. The Balaban J connectivity index is 1.79. The molecule has 1 N–H and O–H groups in total. The van der Waals surface area contributed by atoms with E-state index in [4.69, 9.17) is 4.74 Å². The minimum Gasteiger partial charge on any atom is -0.465 e. The number of hydrogen-bond donors (Lipinski definition) is 1. The molecule has 1 aliphatic heterocycles. The van der Waals surface area contributed by atoms with Crippen molar-refractivity contribution in [1.29, 1.82) is 0 Å². The molecule has 6 nitrogen and oxygen atoms in total. The molecule has 0 aromatic carbocycles. The van der Waals surface area contributed by atoms with Crippen LogP contribution in [0.2, 0.25) is 0 Å². The number of hydrogen-bond acceptors (Lipinski definition) is 5. The van der Waals surface area contributed by atoms with Gasteiger partial charge in [0.25, 0.3) is 0 Å². The maximum absolute atomic E-state index is 12.5. The summed E-state index contributed by atoms with van der Waals surface area (Å²) >= 11 is 0. The van der Waals surface area contributed by atoms with Crippen LogP contribution in [0.3, 0.4) is 0 Å². The smallest absolute Gasteiger partial charge is 0.339 e. The minimum absolute atomic E-state index is 0.0566. The lowest BCUT2D eigenvalue weighted by atomic mass is 9.80. The van der Waals surface area contributed by atoms with Crippen molar-refractivity contribution in [3.05, 3.63) is 53.0 Å². The molecule has 110 valence electrons. The molecule has 1 amide bonds. The van der Waals surface area contributed by atoms with Gasteiger partial charge in [-0.25, -0.2) is 9.78 Å². The highest BCUT2D eigenvalue weighted by Gasteiger charge is 2.51. The van der Waals surface area contributed by atoms with Crippen LogP contribution in [-0.2, 0) is 27.8 Å². The first-order chi connectivity index (χ1) is 10.6. The van der Waals surface area contributed by atoms with E-state index < -0.39 is 11.4 Å². The number of esters is 1. The third-order valence-corrected chi connectivity index (χ3v) is 4.43. The molecule has 3 heterocycles. The number of pyridine rings is 2. The molecule has 0 saturated heterocycles. The third kappa shape index (κ3) is 1.60. The Labute approximate surface area is 126 Å². The third-order valence-electron chi connectivity index (χ3n) is 4.43. The van der Waals surface area contributed by atoms with Crippen LogP contribution in [0.25, 0.3) is 0 Å². The number of carbonyl (C=O) groups excluding carboxylic acids is 2. The lowest BCUT2D eigenvalue weighted by Crippen LogP contribution is -2.35. The van der Waals surface area contributed by atoms with E-state index in [2.05, 4.69) is 15.3 Å². The van der Waals surface area contributed by atoms with Gasteiger partial charge in [-0.05, 0) is 24.1 Å². The standard InChI is InChI=1S/C16H13N3O3/c1-22-14(20)10-5-9-6-16(7-12(9)18-8-10)11-3-2-4-17-13(11)19-15(16)21/h2-5,8H,6-7H2,1H3,(H,17,19,21)/t16-/m0/s1. The highest BCUT2D eigenvalue weighted by atomic mass is 16.5. The van der Waals surface area contributed by atoms with Gasteiger partial charge in [-0.15, -0.1) is 0 Å². The number of amides is 1. The minimum atomic E-state index is -0.659. The molecule has 1 spiro atoms. The molecule has 0 unspecified atom stereocenters. The highest BCUT2D eigenvalue weighted by molar-refractivity contribution is 6.06. The number of methoxy groups -OCH3 is 1. The fraction of sp³-hybridized carbons (Fsp3) is 0.250. The Morgan fingerprint density at radius 3 is 3.05 bits per heavy atom. The largest absolute Gasteiger partial charge is 0.465 e. The molecule has 0 saturated carbocycles. The lowest BCUT2D eigenvalue weighted by Gasteiger charge is -2.19. The van der Waals surface area contributed by atoms with E-state index in [-0.39, 0.29) is 5.91 Å². The Hall–Kier alpha value is -2.76. The second-order valence-corrected chi connectivity index (χ2v) is 5.61.